The maximum atomic E-state index is 13.1. The molecule has 0 aliphatic rings. The number of hydrogen-bond donors (Lipinski definition) is 2. The van der Waals surface area contributed by atoms with Gasteiger partial charge in [0, 0.05) is 16.7 Å². The molecule has 2 nitrogen and oxygen atoms in total. The van der Waals surface area contributed by atoms with Crippen LogP contribution in [0, 0.1) is 17.3 Å². The number of nitrogens with two attached hydrogens (primary N) is 1. The number of aryl methyl sites for hydroxylation is 1. The molecule has 2 aromatic rings. The maximum absolute atomic E-state index is 13.1. The lowest BCUT2D eigenvalue weighted by Crippen LogP contribution is -2.14. The molecule has 118 valence electrons. The quantitative estimate of drug-likeness (QED) is 0.492. The number of nitrogens with one attached hydrogen (secondary N) is 1. The van der Waals surface area contributed by atoms with E-state index in [4.69, 9.17) is 11.1 Å². The summed E-state index contributed by atoms with van der Waals surface area (Å²) in [5, 5.41) is 7.26. The van der Waals surface area contributed by atoms with Crippen LogP contribution in [-0.4, -0.2) is 5.84 Å². The summed E-state index contributed by atoms with van der Waals surface area (Å²) < 4.78 is 39.4. The first-order valence-corrected chi connectivity index (χ1v) is 6.98. The van der Waals surface area contributed by atoms with E-state index in [1.54, 1.807) is 12.1 Å². The molecule has 0 saturated heterocycles. The van der Waals surface area contributed by atoms with Gasteiger partial charge in [-0.2, -0.15) is 13.2 Å². The molecule has 5 heteroatoms. The van der Waals surface area contributed by atoms with Crippen LogP contribution in [0.2, 0.25) is 0 Å². The Labute approximate surface area is 132 Å². The average Bonchev–Trinajstić information content (AvgIpc) is 2.52. The third-order valence-corrected chi connectivity index (χ3v) is 3.34. The van der Waals surface area contributed by atoms with Crippen LogP contribution >= 0.6 is 0 Å². The van der Waals surface area contributed by atoms with Crippen molar-refractivity contribution in [3.05, 3.63) is 70.3 Å². The molecule has 0 fully saturated rings. The fourth-order valence-electron chi connectivity index (χ4n) is 2.02. The van der Waals surface area contributed by atoms with Crippen molar-refractivity contribution in [2.45, 2.75) is 19.5 Å². The van der Waals surface area contributed by atoms with Gasteiger partial charge in [-0.1, -0.05) is 37.0 Å². The van der Waals surface area contributed by atoms with E-state index in [0.717, 1.165) is 18.1 Å². The highest BCUT2D eigenvalue weighted by molar-refractivity contribution is 5.95. The molecule has 0 spiro atoms. The number of halogens is 3. The van der Waals surface area contributed by atoms with Crippen molar-refractivity contribution in [2.75, 3.05) is 0 Å². The number of rotatable bonds is 2. The molecule has 0 aliphatic heterocycles. The minimum absolute atomic E-state index is 0.0233. The number of benzene rings is 2. The lowest BCUT2D eigenvalue weighted by molar-refractivity contribution is -0.137. The van der Waals surface area contributed by atoms with Gasteiger partial charge in [-0.25, -0.2) is 0 Å². The second-order valence-electron chi connectivity index (χ2n) is 4.97. The smallest absolute Gasteiger partial charge is 0.384 e. The third kappa shape index (κ3) is 4.13. The molecule has 0 atom stereocenters. The molecular weight excluding hydrogens is 301 g/mol. The normalized spacial score (nSPS) is 10.8. The summed E-state index contributed by atoms with van der Waals surface area (Å²) in [5.74, 6) is 4.89. The van der Waals surface area contributed by atoms with E-state index in [1.807, 2.05) is 19.1 Å². The zero-order chi connectivity index (χ0) is 17.0. The highest BCUT2D eigenvalue weighted by atomic mass is 19.4. The molecule has 0 aliphatic carbocycles. The van der Waals surface area contributed by atoms with Gasteiger partial charge in [0.15, 0.2) is 0 Å². The van der Waals surface area contributed by atoms with Crippen LogP contribution in [0.25, 0.3) is 0 Å². The Balaban J connectivity index is 2.43. The second-order valence-corrected chi connectivity index (χ2v) is 4.97. The lowest BCUT2D eigenvalue weighted by Gasteiger charge is -2.10. The fourth-order valence-corrected chi connectivity index (χ4v) is 2.02. The lowest BCUT2D eigenvalue weighted by atomic mass is 10.0. The molecule has 2 rings (SSSR count). The predicted octanol–water partition coefficient (Wildman–Crippen LogP) is 3.95. The summed E-state index contributed by atoms with van der Waals surface area (Å²) in [7, 11) is 0. The molecule has 3 N–H and O–H groups in total. The first kappa shape index (κ1) is 16.6. The predicted molar refractivity (Wildman–Crippen MR) is 84.3 cm³/mol. The molecule has 0 aromatic heterocycles. The summed E-state index contributed by atoms with van der Waals surface area (Å²) in [4.78, 5) is 0. The maximum Gasteiger partial charge on any atom is 0.417 e. The molecule has 23 heavy (non-hydrogen) atoms. The van der Waals surface area contributed by atoms with Gasteiger partial charge in [0.25, 0.3) is 0 Å². The van der Waals surface area contributed by atoms with Gasteiger partial charge in [0.05, 0.1) is 5.56 Å². The van der Waals surface area contributed by atoms with E-state index in [-0.39, 0.29) is 11.1 Å². The van der Waals surface area contributed by atoms with Crippen LogP contribution in [-0.2, 0) is 12.6 Å². The summed E-state index contributed by atoms with van der Waals surface area (Å²) >= 11 is 0. The van der Waals surface area contributed by atoms with Crippen molar-refractivity contribution in [3.8, 4) is 11.8 Å². The van der Waals surface area contributed by atoms with Crippen molar-refractivity contribution in [1.82, 2.24) is 0 Å². The molecule has 0 radical (unpaired) electrons. The van der Waals surface area contributed by atoms with Crippen LogP contribution in [0.15, 0.2) is 42.5 Å². The van der Waals surface area contributed by atoms with Gasteiger partial charge in [0.1, 0.15) is 5.84 Å². The number of alkyl halides is 3. The molecule has 0 amide bonds. The topological polar surface area (TPSA) is 49.9 Å². The van der Waals surface area contributed by atoms with Crippen LogP contribution in [0.1, 0.15) is 34.7 Å². The summed E-state index contributed by atoms with van der Waals surface area (Å²) in [5.41, 5.74) is 6.03. The number of amidine groups is 1. The Bertz CT molecular complexity index is 779. The van der Waals surface area contributed by atoms with Gasteiger partial charge >= 0.3 is 6.18 Å². The molecule has 0 unspecified atom stereocenters. The van der Waals surface area contributed by atoms with Gasteiger partial charge in [0.2, 0.25) is 0 Å². The Morgan fingerprint density at radius 1 is 1.09 bits per heavy atom. The zero-order valence-electron chi connectivity index (χ0n) is 12.5. The first-order valence-electron chi connectivity index (χ1n) is 6.98. The van der Waals surface area contributed by atoms with Crippen molar-refractivity contribution < 1.29 is 13.2 Å². The van der Waals surface area contributed by atoms with Crippen LogP contribution < -0.4 is 5.73 Å². The molecule has 0 heterocycles. The minimum atomic E-state index is -4.55. The SMILES string of the molecule is CCc1ccc(C#Cc2ccc(C(=N)N)cc2C(F)(F)F)cc1. The van der Waals surface area contributed by atoms with Crippen LogP contribution in [0.3, 0.4) is 0 Å². The second kappa shape index (κ2) is 6.57. The van der Waals surface area contributed by atoms with Gasteiger partial charge < -0.3 is 5.73 Å². The van der Waals surface area contributed by atoms with Crippen molar-refractivity contribution in [2.24, 2.45) is 5.73 Å². The van der Waals surface area contributed by atoms with E-state index in [2.05, 4.69) is 11.8 Å². The minimum Gasteiger partial charge on any atom is -0.384 e. The molecule has 2 aromatic carbocycles. The summed E-state index contributed by atoms with van der Waals surface area (Å²) in [6.07, 6.45) is -3.67. The average molecular weight is 316 g/mol. The highest BCUT2D eigenvalue weighted by Gasteiger charge is 2.33. The largest absolute Gasteiger partial charge is 0.417 e. The van der Waals surface area contributed by atoms with E-state index in [1.165, 1.54) is 12.1 Å². The monoisotopic (exact) mass is 316 g/mol. The number of hydrogen-bond acceptors (Lipinski definition) is 1. The zero-order valence-corrected chi connectivity index (χ0v) is 12.5. The van der Waals surface area contributed by atoms with E-state index >= 15 is 0 Å². The summed E-state index contributed by atoms with van der Waals surface area (Å²) in [6, 6.07) is 10.8. The van der Waals surface area contributed by atoms with Crippen LogP contribution in [0.4, 0.5) is 13.2 Å². The van der Waals surface area contributed by atoms with Crippen molar-refractivity contribution in [1.29, 1.82) is 5.41 Å². The standard InChI is InChI=1S/C18H15F3N2/c1-2-12-3-5-13(6-4-12)7-8-14-9-10-15(17(22)23)11-16(14)18(19,20)21/h3-6,9-11H,2H2,1H3,(H3,22,23). The fraction of sp³-hybridized carbons (Fsp3) is 0.167. The van der Waals surface area contributed by atoms with E-state index in [9.17, 15) is 13.2 Å². The van der Waals surface area contributed by atoms with Crippen molar-refractivity contribution >= 4 is 5.84 Å². The Kier molecular flexibility index (Phi) is 4.75. The van der Waals surface area contributed by atoms with E-state index < -0.39 is 17.6 Å². The third-order valence-electron chi connectivity index (χ3n) is 3.34. The van der Waals surface area contributed by atoms with Gasteiger partial charge in [-0.15, -0.1) is 0 Å². The van der Waals surface area contributed by atoms with Crippen molar-refractivity contribution in [3.63, 3.8) is 0 Å². The Morgan fingerprint density at radius 3 is 2.26 bits per heavy atom. The molecule has 0 saturated carbocycles. The highest BCUT2D eigenvalue weighted by Crippen LogP contribution is 2.32. The van der Waals surface area contributed by atoms with E-state index in [0.29, 0.717) is 5.56 Å². The summed E-state index contributed by atoms with van der Waals surface area (Å²) in [6.45, 7) is 2.02. The van der Waals surface area contributed by atoms with Crippen LogP contribution in [0.5, 0.6) is 0 Å². The molecule has 0 bridgehead atoms. The Morgan fingerprint density at radius 2 is 1.74 bits per heavy atom. The first-order chi connectivity index (χ1) is 10.8. The number of nitrogen functional groups attached to an aromatic ring is 1. The molecular formula is C18H15F3N2. The Hall–Kier alpha value is -2.74. The van der Waals surface area contributed by atoms with Gasteiger partial charge in [-0.05, 0) is 36.2 Å². The van der Waals surface area contributed by atoms with Gasteiger partial charge in [-0.3, -0.25) is 5.41 Å².